The molecule has 78 valence electrons. The first-order chi connectivity index (χ1) is 6.79. The zero-order valence-electron chi connectivity index (χ0n) is 8.96. The average molecular weight is 193 g/mol. The minimum atomic E-state index is 0.274. The molecule has 0 saturated heterocycles. The van der Waals surface area contributed by atoms with Crippen molar-refractivity contribution in [3.63, 3.8) is 0 Å². The van der Waals surface area contributed by atoms with E-state index in [4.69, 9.17) is 0 Å². The van der Waals surface area contributed by atoms with Gasteiger partial charge in [0, 0.05) is 11.6 Å². The fraction of sp³-hybridized carbons (Fsp3) is 0.500. The van der Waals surface area contributed by atoms with Crippen molar-refractivity contribution >= 4 is 0 Å². The van der Waals surface area contributed by atoms with E-state index >= 15 is 0 Å². The molecule has 1 aromatic carbocycles. The lowest BCUT2D eigenvalue weighted by Gasteiger charge is -2.17. The van der Waals surface area contributed by atoms with E-state index in [1.807, 2.05) is 18.2 Å². The van der Waals surface area contributed by atoms with Crippen LogP contribution in [0.1, 0.15) is 38.3 Å². The molecule has 0 aliphatic heterocycles. The summed E-state index contributed by atoms with van der Waals surface area (Å²) in [4.78, 5) is 0. The Labute approximate surface area is 86.0 Å². The molecule has 1 aromatic rings. The number of para-hydroxylation sites is 1. The SMILES string of the molecule is CCCN[C@H](CC)c1ccccc1O. The summed E-state index contributed by atoms with van der Waals surface area (Å²) >= 11 is 0. The second-order valence-corrected chi connectivity index (χ2v) is 3.47. The van der Waals surface area contributed by atoms with Crippen molar-refractivity contribution in [1.29, 1.82) is 0 Å². The van der Waals surface area contributed by atoms with Gasteiger partial charge in [-0.05, 0) is 25.5 Å². The summed E-state index contributed by atoms with van der Waals surface area (Å²) in [5, 5.41) is 13.1. The number of phenols is 1. The smallest absolute Gasteiger partial charge is 0.120 e. The van der Waals surface area contributed by atoms with Crippen LogP contribution >= 0.6 is 0 Å². The first kappa shape index (κ1) is 11.1. The van der Waals surface area contributed by atoms with Gasteiger partial charge in [-0.15, -0.1) is 0 Å². The average Bonchev–Trinajstić information content (AvgIpc) is 2.21. The molecule has 0 amide bonds. The van der Waals surface area contributed by atoms with Gasteiger partial charge in [0.15, 0.2) is 0 Å². The molecule has 14 heavy (non-hydrogen) atoms. The van der Waals surface area contributed by atoms with Gasteiger partial charge in [0.1, 0.15) is 5.75 Å². The topological polar surface area (TPSA) is 32.3 Å². The van der Waals surface area contributed by atoms with Crippen LogP contribution in [-0.4, -0.2) is 11.7 Å². The van der Waals surface area contributed by atoms with E-state index in [1.54, 1.807) is 6.07 Å². The van der Waals surface area contributed by atoms with Crippen LogP contribution in [0.2, 0.25) is 0 Å². The van der Waals surface area contributed by atoms with Crippen LogP contribution < -0.4 is 5.32 Å². The van der Waals surface area contributed by atoms with Crippen molar-refractivity contribution in [3.8, 4) is 5.75 Å². The van der Waals surface area contributed by atoms with Gasteiger partial charge in [-0.2, -0.15) is 0 Å². The summed E-state index contributed by atoms with van der Waals surface area (Å²) in [5.41, 5.74) is 1.00. The van der Waals surface area contributed by atoms with Crippen LogP contribution in [0.5, 0.6) is 5.75 Å². The second kappa shape index (κ2) is 5.66. The molecular formula is C12H19NO. The molecule has 1 atom stereocenters. The Hall–Kier alpha value is -1.02. The van der Waals surface area contributed by atoms with Crippen molar-refractivity contribution in [2.24, 2.45) is 0 Å². The molecule has 0 spiro atoms. The van der Waals surface area contributed by atoms with Gasteiger partial charge in [-0.25, -0.2) is 0 Å². The molecule has 2 N–H and O–H groups in total. The highest BCUT2D eigenvalue weighted by Gasteiger charge is 2.10. The Balaban J connectivity index is 2.73. The maximum Gasteiger partial charge on any atom is 0.120 e. The standard InChI is InChI=1S/C12H19NO/c1-3-9-13-11(4-2)10-7-5-6-8-12(10)14/h5-8,11,13-14H,3-4,9H2,1-2H3/t11-/m1/s1. The zero-order chi connectivity index (χ0) is 10.4. The van der Waals surface area contributed by atoms with Crippen LogP contribution in [0.25, 0.3) is 0 Å². The van der Waals surface area contributed by atoms with E-state index < -0.39 is 0 Å². The summed E-state index contributed by atoms with van der Waals surface area (Å²) in [6, 6.07) is 7.81. The van der Waals surface area contributed by atoms with Crippen molar-refractivity contribution < 1.29 is 5.11 Å². The molecule has 0 saturated carbocycles. The lowest BCUT2D eigenvalue weighted by Crippen LogP contribution is -2.21. The molecule has 0 heterocycles. The molecule has 0 fully saturated rings. The first-order valence-electron chi connectivity index (χ1n) is 5.30. The third-order valence-corrected chi connectivity index (χ3v) is 2.36. The predicted molar refractivity (Wildman–Crippen MR) is 59.4 cm³/mol. The molecule has 2 heteroatoms. The maximum atomic E-state index is 9.67. The third-order valence-electron chi connectivity index (χ3n) is 2.36. The van der Waals surface area contributed by atoms with E-state index in [0.29, 0.717) is 5.75 Å². The van der Waals surface area contributed by atoms with Crippen molar-refractivity contribution in [1.82, 2.24) is 5.32 Å². The Morgan fingerprint density at radius 1 is 1.29 bits per heavy atom. The number of benzene rings is 1. The van der Waals surface area contributed by atoms with Gasteiger partial charge in [-0.3, -0.25) is 0 Å². The van der Waals surface area contributed by atoms with E-state index in [-0.39, 0.29) is 6.04 Å². The summed E-state index contributed by atoms with van der Waals surface area (Å²) in [7, 11) is 0. The molecule has 0 radical (unpaired) electrons. The minimum absolute atomic E-state index is 0.274. The monoisotopic (exact) mass is 193 g/mol. The molecule has 2 nitrogen and oxygen atoms in total. The summed E-state index contributed by atoms with van der Waals surface area (Å²) in [6.45, 7) is 5.26. The Kier molecular flexibility index (Phi) is 4.47. The van der Waals surface area contributed by atoms with Crippen LogP contribution in [0.3, 0.4) is 0 Å². The largest absolute Gasteiger partial charge is 0.508 e. The molecule has 0 aliphatic carbocycles. The third kappa shape index (κ3) is 2.74. The van der Waals surface area contributed by atoms with Crippen LogP contribution in [0, 0.1) is 0 Å². The summed E-state index contributed by atoms with van der Waals surface area (Å²) in [5.74, 6) is 0.392. The van der Waals surface area contributed by atoms with Crippen LogP contribution in [0.15, 0.2) is 24.3 Å². The minimum Gasteiger partial charge on any atom is -0.508 e. The lowest BCUT2D eigenvalue weighted by atomic mass is 10.0. The normalized spacial score (nSPS) is 12.7. The highest BCUT2D eigenvalue weighted by Crippen LogP contribution is 2.25. The van der Waals surface area contributed by atoms with Gasteiger partial charge >= 0.3 is 0 Å². The van der Waals surface area contributed by atoms with E-state index in [9.17, 15) is 5.11 Å². The number of hydrogen-bond acceptors (Lipinski definition) is 2. The van der Waals surface area contributed by atoms with Gasteiger partial charge in [0.25, 0.3) is 0 Å². The first-order valence-corrected chi connectivity index (χ1v) is 5.30. The predicted octanol–water partition coefficient (Wildman–Crippen LogP) is 2.84. The number of hydrogen-bond donors (Lipinski definition) is 2. The highest BCUT2D eigenvalue weighted by molar-refractivity contribution is 5.34. The van der Waals surface area contributed by atoms with Crippen molar-refractivity contribution in [2.75, 3.05) is 6.54 Å². The Morgan fingerprint density at radius 3 is 2.57 bits per heavy atom. The van der Waals surface area contributed by atoms with Gasteiger partial charge in [0.2, 0.25) is 0 Å². The summed E-state index contributed by atoms with van der Waals surface area (Å²) < 4.78 is 0. The van der Waals surface area contributed by atoms with Gasteiger partial charge in [-0.1, -0.05) is 32.0 Å². The molecule has 0 aromatic heterocycles. The number of phenolic OH excluding ortho intramolecular Hbond substituents is 1. The number of aromatic hydroxyl groups is 1. The van der Waals surface area contributed by atoms with E-state index in [1.165, 1.54) is 0 Å². The molecule has 1 rings (SSSR count). The van der Waals surface area contributed by atoms with Gasteiger partial charge < -0.3 is 10.4 Å². The quantitative estimate of drug-likeness (QED) is 0.753. The second-order valence-electron chi connectivity index (χ2n) is 3.47. The number of nitrogens with one attached hydrogen (secondary N) is 1. The van der Waals surface area contributed by atoms with Crippen LogP contribution in [0.4, 0.5) is 0 Å². The van der Waals surface area contributed by atoms with E-state index in [2.05, 4.69) is 19.2 Å². The molecule has 0 bridgehead atoms. The molecular weight excluding hydrogens is 174 g/mol. The van der Waals surface area contributed by atoms with Crippen molar-refractivity contribution in [3.05, 3.63) is 29.8 Å². The fourth-order valence-electron chi connectivity index (χ4n) is 1.57. The Morgan fingerprint density at radius 2 is 2.00 bits per heavy atom. The molecule has 0 aliphatic rings. The zero-order valence-corrected chi connectivity index (χ0v) is 8.96. The Bertz CT molecular complexity index is 273. The van der Waals surface area contributed by atoms with Gasteiger partial charge in [0.05, 0.1) is 0 Å². The summed E-state index contributed by atoms with van der Waals surface area (Å²) in [6.07, 6.45) is 2.11. The van der Waals surface area contributed by atoms with E-state index in [0.717, 1.165) is 24.9 Å². The maximum absolute atomic E-state index is 9.67. The lowest BCUT2D eigenvalue weighted by molar-refractivity contribution is 0.441. The fourth-order valence-corrected chi connectivity index (χ4v) is 1.57. The molecule has 0 unspecified atom stereocenters. The number of rotatable bonds is 5. The highest BCUT2D eigenvalue weighted by atomic mass is 16.3. The van der Waals surface area contributed by atoms with Crippen molar-refractivity contribution in [2.45, 2.75) is 32.7 Å². The van der Waals surface area contributed by atoms with Crippen LogP contribution in [-0.2, 0) is 0 Å².